The summed E-state index contributed by atoms with van der Waals surface area (Å²) in [6.45, 7) is 3.34. The Morgan fingerprint density at radius 2 is 2.18 bits per heavy atom. The highest BCUT2D eigenvalue weighted by atomic mass is 32.2. The molecule has 0 N–H and O–H groups in total. The summed E-state index contributed by atoms with van der Waals surface area (Å²) in [5.41, 5.74) is 1.16. The van der Waals surface area contributed by atoms with Gasteiger partial charge in [0.05, 0.1) is 7.11 Å². The molecule has 1 aromatic rings. The molecule has 116 valence electrons. The zero-order valence-electron chi connectivity index (χ0n) is 12.4. The molecule has 0 amide bonds. The van der Waals surface area contributed by atoms with Gasteiger partial charge < -0.3 is 9.47 Å². The standard InChI is InChI=1S/C15H15NO4S2/c1-4-21-15-16-11(14(18)22-15)7-10-5-6-12(20-9(2)17)13(8-10)19-3/h5-8H,4H2,1-3H3. The van der Waals surface area contributed by atoms with Gasteiger partial charge in [0, 0.05) is 6.92 Å². The molecular formula is C15H15NO4S2. The molecule has 0 fully saturated rings. The number of carbonyl (C=O) groups is 2. The minimum atomic E-state index is -0.419. The Balaban J connectivity index is 2.28. The molecule has 0 bridgehead atoms. The van der Waals surface area contributed by atoms with Crippen molar-refractivity contribution in [2.24, 2.45) is 4.99 Å². The molecule has 0 unspecified atom stereocenters. The Bertz CT molecular complexity index is 668. The fraction of sp³-hybridized carbons (Fsp3) is 0.267. The van der Waals surface area contributed by atoms with Crippen molar-refractivity contribution >= 4 is 45.1 Å². The van der Waals surface area contributed by atoms with Gasteiger partial charge in [0.25, 0.3) is 0 Å². The number of aliphatic imine (C=N–C) groups is 1. The molecule has 0 saturated carbocycles. The van der Waals surface area contributed by atoms with Gasteiger partial charge in [-0.25, -0.2) is 4.99 Å². The number of rotatable bonds is 4. The van der Waals surface area contributed by atoms with Crippen LogP contribution in [-0.2, 0) is 9.59 Å². The Morgan fingerprint density at radius 1 is 1.41 bits per heavy atom. The summed E-state index contributed by atoms with van der Waals surface area (Å²) < 4.78 is 11.0. The number of nitrogens with zero attached hydrogens (tertiary/aromatic N) is 1. The first-order chi connectivity index (χ1) is 10.5. The molecule has 5 nitrogen and oxygen atoms in total. The van der Waals surface area contributed by atoms with E-state index in [2.05, 4.69) is 4.99 Å². The quantitative estimate of drug-likeness (QED) is 0.477. The minimum Gasteiger partial charge on any atom is -0.493 e. The highest BCUT2D eigenvalue weighted by molar-refractivity contribution is 8.45. The van der Waals surface area contributed by atoms with Crippen LogP contribution in [0.25, 0.3) is 6.08 Å². The van der Waals surface area contributed by atoms with Crippen LogP contribution in [0.2, 0.25) is 0 Å². The van der Waals surface area contributed by atoms with Crippen molar-refractivity contribution < 1.29 is 19.1 Å². The van der Waals surface area contributed by atoms with Crippen molar-refractivity contribution in [3.8, 4) is 11.5 Å². The second kappa shape index (κ2) is 7.51. The molecule has 1 heterocycles. The molecule has 0 aromatic heterocycles. The van der Waals surface area contributed by atoms with Crippen molar-refractivity contribution in [3.05, 3.63) is 29.5 Å². The van der Waals surface area contributed by atoms with Gasteiger partial charge in [0.1, 0.15) is 10.1 Å². The van der Waals surface area contributed by atoms with Crippen molar-refractivity contribution in [3.63, 3.8) is 0 Å². The third-order valence-electron chi connectivity index (χ3n) is 2.61. The average molecular weight is 337 g/mol. The topological polar surface area (TPSA) is 65.0 Å². The summed E-state index contributed by atoms with van der Waals surface area (Å²) in [6, 6.07) is 5.07. The minimum absolute atomic E-state index is 0.0704. The molecule has 0 radical (unpaired) electrons. The molecule has 0 aliphatic carbocycles. The van der Waals surface area contributed by atoms with Gasteiger partial charge in [-0.2, -0.15) is 0 Å². The number of benzene rings is 1. The second-order valence-corrected chi connectivity index (χ2v) is 6.71. The zero-order chi connectivity index (χ0) is 16.1. The van der Waals surface area contributed by atoms with Gasteiger partial charge in [0.2, 0.25) is 5.12 Å². The van der Waals surface area contributed by atoms with Crippen molar-refractivity contribution in [1.29, 1.82) is 0 Å². The normalized spacial score (nSPS) is 15.9. The maximum atomic E-state index is 11.9. The Hall–Kier alpha value is -1.73. The number of ether oxygens (including phenoxy) is 2. The zero-order valence-corrected chi connectivity index (χ0v) is 14.0. The van der Waals surface area contributed by atoms with E-state index >= 15 is 0 Å². The Morgan fingerprint density at radius 3 is 2.82 bits per heavy atom. The van der Waals surface area contributed by atoms with Gasteiger partial charge in [-0.15, -0.1) is 0 Å². The van der Waals surface area contributed by atoms with E-state index in [1.165, 1.54) is 14.0 Å². The first kappa shape index (κ1) is 16.6. The maximum absolute atomic E-state index is 11.9. The van der Waals surface area contributed by atoms with Crippen LogP contribution in [0.3, 0.4) is 0 Å². The van der Waals surface area contributed by atoms with Crippen LogP contribution < -0.4 is 9.47 Å². The second-order valence-electron chi connectivity index (χ2n) is 4.23. The van der Waals surface area contributed by atoms with Crippen LogP contribution in [0.5, 0.6) is 11.5 Å². The smallest absolute Gasteiger partial charge is 0.308 e. The molecule has 0 saturated heterocycles. The lowest BCUT2D eigenvalue weighted by Gasteiger charge is -2.08. The van der Waals surface area contributed by atoms with Crippen molar-refractivity contribution in [2.75, 3.05) is 12.9 Å². The fourth-order valence-corrected chi connectivity index (χ4v) is 3.48. The highest BCUT2D eigenvalue weighted by Gasteiger charge is 2.22. The molecule has 1 aromatic carbocycles. The Kier molecular flexibility index (Phi) is 5.68. The van der Waals surface area contributed by atoms with Crippen LogP contribution in [0.1, 0.15) is 19.4 Å². The fourth-order valence-electron chi connectivity index (χ4n) is 1.75. The van der Waals surface area contributed by atoms with Crippen molar-refractivity contribution in [2.45, 2.75) is 13.8 Å². The van der Waals surface area contributed by atoms with Crippen molar-refractivity contribution in [1.82, 2.24) is 0 Å². The molecule has 2 rings (SSSR count). The SMILES string of the molecule is CCSC1=NC(=Cc2ccc(OC(C)=O)c(OC)c2)C(=O)S1. The van der Waals surface area contributed by atoms with Gasteiger partial charge in [-0.05, 0) is 41.3 Å². The lowest BCUT2D eigenvalue weighted by molar-refractivity contribution is -0.132. The van der Waals surface area contributed by atoms with Crippen LogP contribution in [0.4, 0.5) is 0 Å². The lowest BCUT2D eigenvalue weighted by atomic mass is 10.1. The Labute approximate surface area is 137 Å². The largest absolute Gasteiger partial charge is 0.493 e. The molecule has 0 spiro atoms. The van der Waals surface area contributed by atoms with Crippen LogP contribution in [0.15, 0.2) is 28.9 Å². The van der Waals surface area contributed by atoms with Crippen LogP contribution in [0, 0.1) is 0 Å². The molecule has 0 atom stereocenters. The summed E-state index contributed by atoms with van der Waals surface area (Å²) in [6.07, 6.45) is 1.69. The predicted octanol–water partition coefficient (Wildman–Crippen LogP) is 3.34. The molecular weight excluding hydrogens is 322 g/mol. The number of carbonyl (C=O) groups excluding carboxylic acids is 2. The average Bonchev–Trinajstić information content (AvgIpc) is 2.80. The summed E-state index contributed by atoms with van der Waals surface area (Å²) in [4.78, 5) is 27.2. The van der Waals surface area contributed by atoms with E-state index in [-0.39, 0.29) is 5.12 Å². The van der Waals surface area contributed by atoms with E-state index in [4.69, 9.17) is 9.47 Å². The van der Waals surface area contributed by atoms with Crippen LogP contribution >= 0.6 is 23.5 Å². The molecule has 1 aliphatic heterocycles. The predicted molar refractivity (Wildman–Crippen MR) is 90.4 cm³/mol. The summed E-state index contributed by atoms with van der Waals surface area (Å²) in [5.74, 6) is 1.22. The molecule has 22 heavy (non-hydrogen) atoms. The molecule has 7 heteroatoms. The lowest BCUT2D eigenvalue weighted by Crippen LogP contribution is -2.03. The van der Waals surface area contributed by atoms with E-state index in [1.807, 2.05) is 6.92 Å². The summed E-state index contributed by atoms with van der Waals surface area (Å²) in [5, 5.41) is -0.0704. The van der Waals surface area contributed by atoms with E-state index in [0.717, 1.165) is 27.5 Å². The van der Waals surface area contributed by atoms with E-state index < -0.39 is 5.97 Å². The number of hydrogen-bond donors (Lipinski definition) is 0. The van der Waals surface area contributed by atoms with E-state index in [0.29, 0.717) is 17.2 Å². The number of methoxy groups -OCH3 is 1. The van der Waals surface area contributed by atoms with Gasteiger partial charge >= 0.3 is 5.97 Å². The first-order valence-corrected chi connectivity index (χ1v) is 8.35. The summed E-state index contributed by atoms with van der Waals surface area (Å²) in [7, 11) is 1.49. The number of thioether (sulfide) groups is 2. The number of esters is 1. The number of hydrogen-bond acceptors (Lipinski definition) is 7. The molecule has 1 aliphatic rings. The highest BCUT2D eigenvalue weighted by Crippen LogP contribution is 2.33. The van der Waals surface area contributed by atoms with E-state index in [1.54, 1.807) is 36.0 Å². The van der Waals surface area contributed by atoms with Gasteiger partial charge in [0.15, 0.2) is 11.5 Å². The van der Waals surface area contributed by atoms with E-state index in [9.17, 15) is 9.59 Å². The van der Waals surface area contributed by atoms with Gasteiger partial charge in [-0.3, -0.25) is 9.59 Å². The third kappa shape index (κ3) is 4.14. The first-order valence-electron chi connectivity index (χ1n) is 6.55. The summed E-state index contributed by atoms with van der Waals surface area (Å²) >= 11 is 2.69. The maximum Gasteiger partial charge on any atom is 0.308 e. The van der Waals surface area contributed by atoms with Gasteiger partial charge in [-0.1, -0.05) is 24.8 Å². The third-order valence-corrected chi connectivity index (χ3v) is 4.50. The van der Waals surface area contributed by atoms with Crippen LogP contribution in [-0.4, -0.2) is 28.3 Å². The monoisotopic (exact) mass is 337 g/mol.